The lowest BCUT2D eigenvalue weighted by Gasteiger charge is -2.53. The van der Waals surface area contributed by atoms with Crippen molar-refractivity contribution in [2.75, 3.05) is 26.9 Å². The number of rotatable bonds is 13. The normalized spacial score (nSPS) is 38.6. The van der Waals surface area contributed by atoms with Crippen LogP contribution >= 0.6 is 0 Å². The molecule has 0 aromatic rings. The van der Waals surface area contributed by atoms with Crippen molar-refractivity contribution in [3.05, 3.63) is 0 Å². The summed E-state index contributed by atoms with van der Waals surface area (Å²) >= 11 is 0. The summed E-state index contributed by atoms with van der Waals surface area (Å²) in [6, 6.07) is 0. The zero-order valence-electron chi connectivity index (χ0n) is 19.6. The predicted octanol–water partition coefficient (Wildman–Crippen LogP) is -2.05. The van der Waals surface area contributed by atoms with Crippen LogP contribution in [0.15, 0.2) is 0 Å². The van der Waals surface area contributed by atoms with Crippen LogP contribution in [0.25, 0.3) is 0 Å². The third-order valence-corrected chi connectivity index (χ3v) is 6.52. The predicted molar refractivity (Wildman–Crippen MR) is 115 cm³/mol. The first kappa shape index (κ1) is 29.3. The Morgan fingerprint density at radius 3 is 2.15 bits per heavy atom. The second-order valence-corrected chi connectivity index (χ2v) is 8.98. The second-order valence-electron chi connectivity index (χ2n) is 8.98. The van der Waals surface area contributed by atoms with Crippen molar-refractivity contribution < 1.29 is 59.5 Å². The number of hydrogen-bond acceptors (Lipinski definition) is 12. The van der Waals surface area contributed by atoms with E-state index in [4.69, 9.17) is 14.2 Å². The largest absolute Gasteiger partial charge is 0.469 e. The smallest absolute Gasteiger partial charge is 0.305 e. The topological polar surface area (TPSA) is 196 Å². The average molecular weight is 497 g/mol. The van der Waals surface area contributed by atoms with E-state index in [1.807, 2.05) is 0 Å². The molecule has 0 aromatic carbocycles. The van der Waals surface area contributed by atoms with Gasteiger partial charge in [-0.15, -0.1) is 0 Å². The zero-order valence-corrected chi connectivity index (χ0v) is 19.6. The number of aliphatic hydroxyl groups excluding tert-OH is 6. The molecule has 0 aliphatic carbocycles. The standard InChI is InChI=1S/C22H40O12/c1-31-17(27)8-6-4-2-3-5-7-9-32-21-22(30,19(29)18(28)16(12-24)34-21)20-14(26)10-13(25)15(11-23)33-20/h13-16,18-21,23-26,28-30H,2-12H2,1H3/t13-,14+,15+,16+,18+,19-,20+,21-,22-/m0/s1. The average Bonchev–Trinajstić information content (AvgIpc) is 2.82. The third-order valence-electron chi connectivity index (χ3n) is 6.52. The molecule has 0 spiro atoms. The lowest BCUT2D eigenvalue weighted by molar-refractivity contribution is -0.380. The van der Waals surface area contributed by atoms with Gasteiger partial charge in [0, 0.05) is 19.4 Å². The van der Waals surface area contributed by atoms with E-state index in [1.54, 1.807) is 0 Å². The molecule has 7 N–H and O–H groups in total. The van der Waals surface area contributed by atoms with E-state index in [-0.39, 0.29) is 19.0 Å². The van der Waals surface area contributed by atoms with Crippen molar-refractivity contribution in [3.63, 3.8) is 0 Å². The fourth-order valence-electron chi connectivity index (χ4n) is 4.44. The number of esters is 1. The Hall–Kier alpha value is -0.930. The minimum Gasteiger partial charge on any atom is -0.469 e. The van der Waals surface area contributed by atoms with Crippen molar-refractivity contribution in [1.82, 2.24) is 0 Å². The summed E-state index contributed by atoms with van der Waals surface area (Å²) in [5.41, 5.74) is -2.44. The molecule has 2 heterocycles. The minimum atomic E-state index is -2.44. The molecule has 12 nitrogen and oxygen atoms in total. The Kier molecular flexibility index (Phi) is 12.0. The number of hydrogen-bond donors (Lipinski definition) is 7. The molecule has 200 valence electrons. The molecule has 2 rings (SSSR count). The number of ether oxygens (including phenoxy) is 4. The highest BCUT2D eigenvalue weighted by atomic mass is 16.7. The summed E-state index contributed by atoms with van der Waals surface area (Å²) in [6.07, 6.45) is -6.75. The van der Waals surface area contributed by atoms with E-state index in [1.165, 1.54) is 7.11 Å². The van der Waals surface area contributed by atoms with Crippen molar-refractivity contribution >= 4 is 5.97 Å². The second kappa shape index (κ2) is 14.0. The summed E-state index contributed by atoms with van der Waals surface area (Å²) in [7, 11) is 1.36. The van der Waals surface area contributed by atoms with Crippen LogP contribution in [0.5, 0.6) is 0 Å². The fraction of sp³-hybridized carbons (Fsp3) is 0.955. The maximum atomic E-state index is 11.4. The van der Waals surface area contributed by atoms with Gasteiger partial charge in [-0.1, -0.05) is 25.7 Å². The first-order valence-electron chi connectivity index (χ1n) is 11.9. The maximum absolute atomic E-state index is 11.4. The minimum absolute atomic E-state index is 0.116. The van der Waals surface area contributed by atoms with Crippen molar-refractivity contribution in [2.24, 2.45) is 0 Å². The highest BCUT2D eigenvalue weighted by molar-refractivity contribution is 5.68. The summed E-state index contributed by atoms with van der Waals surface area (Å²) in [5.74, 6) is -0.228. The van der Waals surface area contributed by atoms with Gasteiger partial charge in [-0.3, -0.25) is 4.79 Å². The molecule has 34 heavy (non-hydrogen) atoms. The van der Waals surface area contributed by atoms with E-state index < -0.39 is 67.8 Å². The van der Waals surface area contributed by atoms with Crippen molar-refractivity contribution in [1.29, 1.82) is 0 Å². The summed E-state index contributed by atoms with van der Waals surface area (Å²) in [4.78, 5) is 11.1. The molecule has 0 bridgehead atoms. The fourth-order valence-corrected chi connectivity index (χ4v) is 4.44. The van der Waals surface area contributed by atoms with Gasteiger partial charge in [-0.05, 0) is 12.8 Å². The quantitative estimate of drug-likeness (QED) is 0.109. The zero-order chi connectivity index (χ0) is 25.3. The van der Waals surface area contributed by atoms with E-state index in [0.717, 1.165) is 32.1 Å². The first-order valence-corrected chi connectivity index (χ1v) is 11.9. The van der Waals surface area contributed by atoms with Gasteiger partial charge in [0.2, 0.25) is 0 Å². The Bertz CT molecular complexity index is 606. The Morgan fingerprint density at radius 1 is 0.912 bits per heavy atom. The van der Waals surface area contributed by atoms with Crippen LogP contribution in [0.4, 0.5) is 0 Å². The molecule has 2 aliphatic rings. The monoisotopic (exact) mass is 496 g/mol. The van der Waals surface area contributed by atoms with Gasteiger partial charge >= 0.3 is 5.97 Å². The van der Waals surface area contributed by atoms with Crippen LogP contribution in [0.3, 0.4) is 0 Å². The molecule has 2 fully saturated rings. The molecule has 0 amide bonds. The number of carbonyl (C=O) groups excluding carboxylic acids is 1. The summed E-state index contributed by atoms with van der Waals surface area (Å²) in [6.45, 7) is -1.12. The Labute approximate surface area is 199 Å². The van der Waals surface area contributed by atoms with E-state index in [9.17, 15) is 40.5 Å². The van der Waals surface area contributed by atoms with Gasteiger partial charge in [0.05, 0.1) is 32.5 Å². The highest BCUT2D eigenvalue weighted by Crippen LogP contribution is 2.39. The molecule has 2 aliphatic heterocycles. The third kappa shape index (κ3) is 7.06. The van der Waals surface area contributed by atoms with Gasteiger partial charge in [0.15, 0.2) is 11.9 Å². The molecule has 0 unspecified atom stereocenters. The lowest BCUT2D eigenvalue weighted by Crippen LogP contribution is -2.75. The highest BCUT2D eigenvalue weighted by Gasteiger charge is 2.63. The van der Waals surface area contributed by atoms with Gasteiger partial charge in [0.25, 0.3) is 0 Å². The van der Waals surface area contributed by atoms with Gasteiger partial charge < -0.3 is 54.7 Å². The number of methoxy groups -OCH3 is 1. The summed E-state index contributed by atoms with van der Waals surface area (Å²) in [5, 5.41) is 71.9. The van der Waals surface area contributed by atoms with Crippen LogP contribution in [0.1, 0.15) is 51.4 Å². The van der Waals surface area contributed by atoms with E-state index in [2.05, 4.69) is 4.74 Å². The van der Waals surface area contributed by atoms with Crippen LogP contribution in [-0.2, 0) is 23.7 Å². The van der Waals surface area contributed by atoms with Crippen molar-refractivity contribution in [2.45, 2.75) is 106 Å². The first-order chi connectivity index (χ1) is 16.2. The van der Waals surface area contributed by atoms with E-state index in [0.29, 0.717) is 12.8 Å². The van der Waals surface area contributed by atoms with Crippen LogP contribution in [-0.4, -0.2) is 123 Å². The van der Waals surface area contributed by atoms with Crippen molar-refractivity contribution in [3.8, 4) is 0 Å². The lowest BCUT2D eigenvalue weighted by atomic mass is 9.77. The number of carbonyl (C=O) groups is 1. The Balaban J connectivity index is 1.94. The van der Waals surface area contributed by atoms with Gasteiger partial charge in [-0.2, -0.15) is 0 Å². The molecule has 9 atom stereocenters. The van der Waals surface area contributed by atoms with Crippen LogP contribution in [0, 0.1) is 0 Å². The Morgan fingerprint density at radius 2 is 1.53 bits per heavy atom. The number of aliphatic hydroxyl groups is 7. The molecular weight excluding hydrogens is 456 g/mol. The molecule has 0 saturated carbocycles. The molecule has 0 aromatic heterocycles. The summed E-state index contributed by atoms with van der Waals surface area (Å²) < 4.78 is 21.3. The van der Waals surface area contributed by atoms with Crippen LogP contribution in [0.2, 0.25) is 0 Å². The molecule has 0 radical (unpaired) electrons. The van der Waals surface area contributed by atoms with Gasteiger partial charge in [-0.25, -0.2) is 0 Å². The molecule has 2 saturated heterocycles. The van der Waals surface area contributed by atoms with Crippen LogP contribution < -0.4 is 0 Å². The molecular formula is C22H40O12. The maximum Gasteiger partial charge on any atom is 0.305 e. The van der Waals surface area contributed by atoms with E-state index >= 15 is 0 Å². The van der Waals surface area contributed by atoms with Gasteiger partial charge in [0.1, 0.15) is 30.5 Å². The SMILES string of the molecule is COC(=O)CCCCCCCCO[C@H]1O[C@H](CO)[C@@H](O)[C@H](O)[C@]1(O)[C@@H]1O[C@H](CO)[C@@H](O)C[C@H]1O. The number of unbranched alkanes of at least 4 members (excludes halogenated alkanes) is 5. The molecule has 12 heteroatoms.